The van der Waals surface area contributed by atoms with Gasteiger partial charge in [-0.3, -0.25) is 19.3 Å². The number of thioether (sulfide) groups is 1. The Labute approximate surface area is 227 Å². The van der Waals surface area contributed by atoms with Gasteiger partial charge in [-0.15, -0.1) is 0 Å². The van der Waals surface area contributed by atoms with E-state index in [0.717, 1.165) is 41.9 Å². The molecule has 38 heavy (non-hydrogen) atoms. The number of carbonyl (C=O) groups is 3. The summed E-state index contributed by atoms with van der Waals surface area (Å²) in [4.78, 5) is 41.6. The molecule has 2 aromatic carbocycles. The standard InChI is InChI=1S/C28H33N3O6S/c1-4-19(3)37-23-11-6-20(16-24(23)36-5-2)17-25-27(33)31(28(34)38-25)18-26(32)29-21-7-9-22(10-8-21)30-12-14-35-15-13-30/h6-11,16-17,19H,4-5,12-15,18H2,1-3H3,(H,29,32)/b25-17+/t19-/m0/s1. The number of carbonyl (C=O) groups excluding carboxylic acids is 3. The number of amides is 3. The Morgan fingerprint density at radius 2 is 1.84 bits per heavy atom. The van der Waals surface area contributed by atoms with E-state index in [0.29, 0.717) is 42.6 Å². The highest BCUT2D eigenvalue weighted by Crippen LogP contribution is 2.35. The number of anilines is 2. The number of rotatable bonds is 10. The van der Waals surface area contributed by atoms with Crippen LogP contribution >= 0.6 is 11.8 Å². The number of ether oxygens (including phenoxy) is 3. The molecule has 2 aromatic rings. The smallest absolute Gasteiger partial charge is 0.294 e. The Bertz CT molecular complexity index is 1190. The van der Waals surface area contributed by atoms with Gasteiger partial charge in [0, 0.05) is 24.5 Å². The van der Waals surface area contributed by atoms with Gasteiger partial charge in [-0.25, -0.2) is 0 Å². The molecule has 0 aliphatic carbocycles. The van der Waals surface area contributed by atoms with Gasteiger partial charge in [-0.2, -0.15) is 0 Å². The van der Waals surface area contributed by atoms with E-state index in [4.69, 9.17) is 14.2 Å². The molecule has 2 saturated heterocycles. The van der Waals surface area contributed by atoms with E-state index in [-0.39, 0.29) is 17.6 Å². The summed E-state index contributed by atoms with van der Waals surface area (Å²) in [6.45, 7) is 9.03. The summed E-state index contributed by atoms with van der Waals surface area (Å²) in [5.74, 6) is 0.245. The molecule has 2 aliphatic heterocycles. The number of benzene rings is 2. The van der Waals surface area contributed by atoms with Crippen molar-refractivity contribution in [2.75, 3.05) is 49.7 Å². The van der Waals surface area contributed by atoms with Crippen molar-refractivity contribution in [1.29, 1.82) is 0 Å². The first kappa shape index (κ1) is 27.5. The minimum absolute atomic E-state index is 0.0328. The second-order valence-electron chi connectivity index (χ2n) is 8.94. The van der Waals surface area contributed by atoms with Crippen LogP contribution in [-0.4, -0.2) is 67.5 Å². The molecule has 0 unspecified atom stereocenters. The fourth-order valence-electron chi connectivity index (χ4n) is 3.99. The third-order valence-electron chi connectivity index (χ3n) is 6.17. The Morgan fingerprint density at radius 3 is 2.53 bits per heavy atom. The Morgan fingerprint density at radius 1 is 1.11 bits per heavy atom. The highest BCUT2D eigenvalue weighted by molar-refractivity contribution is 8.18. The van der Waals surface area contributed by atoms with Crippen molar-refractivity contribution in [2.45, 2.75) is 33.3 Å². The van der Waals surface area contributed by atoms with Crippen molar-refractivity contribution < 1.29 is 28.6 Å². The summed E-state index contributed by atoms with van der Waals surface area (Å²) in [6.07, 6.45) is 2.52. The van der Waals surface area contributed by atoms with Crippen molar-refractivity contribution in [3.8, 4) is 11.5 Å². The molecule has 0 bridgehead atoms. The summed E-state index contributed by atoms with van der Waals surface area (Å²) in [5.41, 5.74) is 2.34. The molecule has 4 rings (SSSR count). The molecular weight excluding hydrogens is 506 g/mol. The lowest BCUT2D eigenvalue weighted by Gasteiger charge is -2.28. The lowest BCUT2D eigenvalue weighted by molar-refractivity contribution is -0.127. The molecule has 1 N–H and O–H groups in total. The molecule has 10 heteroatoms. The summed E-state index contributed by atoms with van der Waals surface area (Å²) in [7, 11) is 0. The fourth-order valence-corrected chi connectivity index (χ4v) is 4.83. The van der Waals surface area contributed by atoms with Gasteiger partial charge in [-0.1, -0.05) is 13.0 Å². The van der Waals surface area contributed by atoms with Crippen molar-refractivity contribution in [3.05, 3.63) is 52.9 Å². The van der Waals surface area contributed by atoms with Crippen LogP contribution in [0.4, 0.5) is 16.2 Å². The summed E-state index contributed by atoms with van der Waals surface area (Å²) < 4.78 is 17.0. The van der Waals surface area contributed by atoms with Crippen molar-refractivity contribution >= 4 is 46.3 Å². The van der Waals surface area contributed by atoms with Gasteiger partial charge in [0.25, 0.3) is 11.1 Å². The van der Waals surface area contributed by atoms with Crippen molar-refractivity contribution in [3.63, 3.8) is 0 Å². The highest BCUT2D eigenvalue weighted by atomic mass is 32.2. The largest absolute Gasteiger partial charge is 0.490 e. The zero-order valence-electron chi connectivity index (χ0n) is 21.9. The van der Waals surface area contributed by atoms with E-state index in [9.17, 15) is 14.4 Å². The molecule has 2 heterocycles. The Kier molecular flexibility index (Phi) is 9.30. The van der Waals surface area contributed by atoms with Crippen LogP contribution in [0.1, 0.15) is 32.8 Å². The Balaban J connectivity index is 1.39. The number of morpholine rings is 1. The van der Waals surface area contributed by atoms with Crippen LogP contribution in [0.2, 0.25) is 0 Å². The third kappa shape index (κ3) is 6.87. The number of hydrogen-bond donors (Lipinski definition) is 1. The molecule has 3 amide bonds. The van der Waals surface area contributed by atoms with Gasteiger partial charge in [0.15, 0.2) is 11.5 Å². The van der Waals surface area contributed by atoms with E-state index in [1.165, 1.54) is 0 Å². The zero-order valence-corrected chi connectivity index (χ0v) is 22.7. The minimum Gasteiger partial charge on any atom is -0.490 e. The Hall–Kier alpha value is -3.50. The van der Waals surface area contributed by atoms with Gasteiger partial charge in [0.05, 0.1) is 30.8 Å². The first-order valence-corrected chi connectivity index (χ1v) is 13.6. The first-order valence-electron chi connectivity index (χ1n) is 12.8. The molecule has 0 aromatic heterocycles. The maximum atomic E-state index is 13.0. The molecule has 0 saturated carbocycles. The fraction of sp³-hybridized carbons (Fsp3) is 0.393. The zero-order chi connectivity index (χ0) is 27.1. The monoisotopic (exact) mass is 539 g/mol. The molecule has 202 valence electrons. The van der Waals surface area contributed by atoms with Crippen LogP contribution < -0.4 is 19.7 Å². The van der Waals surface area contributed by atoms with Gasteiger partial charge >= 0.3 is 0 Å². The predicted octanol–water partition coefficient (Wildman–Crippen LogP) is 4.77. The molecule has 2 fully saturated rings. The third-order valence-corrected chi connectivity index (χ3v) is 7.08. The van der Waals surface area contributed by atoms with E-state index in [1.807, 2.05) is 39.0 Å². The number of imide groups is 1. The number of hydrogen-bond acceptors (Lipinski definition) is 8. The van der Waals surface area contributed by atoms with E-state index in [2.05, 4.69) is 10.2 Å². The van der Waals surface area contributed by atoms with Gasteiger partial charge in [0.2, 0.25) is 5.91 Å². The summed E-state index contributed by atoms with van der Waals surface area (Å²) in [5, 5.41) is 2.28. The quantitative estimate of drug-likeness (QED) is 0.431. The van der Waals surface area contributed by atoms with Gasteiger partial charge < -0.3 is 24.4 Å². The van der Waals surface area contributed by atoms with E-state index >= 15 is 0 Å². The average molecular weight is 540 g/mol. The van der Waals surface area contributed by atoms with E-state index < -0.39 is 17.1 Å². The summed E-state index contributed by atoms with van der Waals surface area (Å²) >= 11 is 0.811. The van der Waals surface area contributed by atoms with Crippen LogP contribution in [-0.2, 0) is 14.3 Å². The van der Waals surface area contributed by atoms with Crippen molar-refractivity contribution in [1.82, 2.24) is 4.90 Å². The second kappa shape index (κ2) is 12.8. The first-order chi connectivity index (χ1) is 18.4. The number of nitrogens with zero attached hydrogens (tertiary/aromatic N) is 2. The molecule has 2 aliphatic rings. The lowest BCUT2D eigenvalue weighted by Crippen LogP contribution is -2.36. The summed E-state index contributed by atoms with van der Waals surface area (Å²) in [6, 6.07) is 12.9. The topological polar surface area (TPSA) is 97.4 Å². The molecule has 0 spiro atoms. The maximum Gasteiger partial charge on any atom is 0.294 e. The van der Waals surface area contributed by atoms with Crippen LogP contribution in [0, 0.1) is 0 Å². The average Bonchev–Trinajstić information content (AvgIpc) is 3.18. The van der Waals surface area contributed by atoms with Crippen LogP contribution in [0.3, 0.4) is 0 Å². The predicted molar refractivity (Wildman–Crippen MR) is 149 cm³/mol. The maximum absolute atomic E-state index is 13.0. The van der Waals surface area contributed by atoms with Crippen LogP contribution in [0.5, 0.6) is 11.5 Å². The molecule has 9 nitrogen and oxygen atoms in total. The van der Waals surface area contributed by atoms with E-state index in [1.54, 1.807) is 30.3 Å². The normalized spacial score (nSPS) is 17.6. The molecule has 0 radical (unpaired) electrons. The second-order valence-corrected chi connectivity index (χ2v) is 9.93. The highest BCUT2D eigenvalue weighted by Gasteiger charge is 2.36. The number of nitrogens with one attached hydrogen (secondary N) is 1. The minimum atomic E-state index is -0.504. The molecular formula is C28H33N3O6S. The SMILES string of the molecule is CCOc1cc(/C=C2/SC(=O)N(CC(=O)Nc3ccc(N4CCOCC4)cc3)C2=O)ccc1O[C@@H](C)CC. The van der Waals surface area contributed by atoms with Crippen LogP contribution in [0.25, 0.3) is 6.08 Å². The molecule has 1 atom stereocenters. The van der Waals surface area contributed by atoms with Gasteiger partial charge in [0.1, 0.15) is 6.54 Å². The lowest BCUT2D eigenvalue weighted by atomic mass is 10.1. The van der Waals surface area contributed by atoms with Crippen molar-refractivity contribution in [2.24, 2.45) is 0 Å². The van der Waals surface area contributed by atoms with Gasteiger partial charge in [-0.05, 0) is 80.1 Å². The van der Waals surface area contributed by atoms with Crippen LogP contribution in [0.15, 0.2) is 47.4 Å².